The maximum absolute atomic E-state index is 12.2. The summed E-state index contributed by atoms with van der Waals surface area (Å²) in [6, 6.07) is 3.88. The van der Waals surface area contributed by atoms with E-state index in [2.05, 4.69) is 13.5 Å². The normalized spacial score (nSPS) is 17.0. The number of amides is 1. The Bertz CT molecular complexity index is 575. The molecule has 1 aromatic heterocycles. The summed E-state index contributed by atoms with van der Waals surface area (Å²) in [6.07, 6.45) is 7.91. The Balaban J connectivity index is 2.05. The summed E-state index contributed by atoms with van der Waals surface area (Å²) >= 11 is 6.51. The van der Waals surface area contributed by atoms with Crippen LogP contribution in [0.2, 0.25) is 0 Å². The Hall–Kier alpha value is -1.33. The van der Waals surface area contributed by atoms with Crippen LogP contribution in [0.25, 0.3) is 6.08 Å². The number of hydrogen-bond acceptors (Lipinski definition) is 4. The fraction of sp³-hybridized carbons (Fsp3) is 0.375. The maximum Gasteiger partial charge on any atom is 0.266 e. The SMILES string of the molecule is C=CCN1C(=O)C(=Cc2ccc(CCCCC)o2)SC1=S. The molecular weight excluding hydrogens is 302 g/mol. The molecular formula is C16H19NO2S2. The lowest BCUT2D eigenvalue weighted by atomic mass is 10.2. The Morgan fingerprint density at radius 1 is 1.43 bits per heavy atom. The van der Waals surface area contributed by atoms with Gasteiger partial charge >= 0.3 is 0 Å². The summed E-state index contributed by atoms with van der Waals surface area (Å²) < 4.78 is 6.32. The highest BCUT2D eigenvalue weighted by atomic mass is 32.2. The minimum Gasteiger partial charge on any atom is -0.462 e. The van der Waals surface area contributed by atoms with E-state index < -0.39 is 0 Å². The Morgan fingerprint density at radius 2 is 2.24 bits per heavy atom. The zero-order valence-electron chi connectivity index (χ0n) is 12.1. The fourth-order valence-electron chi connectivity index (χ4n) is 2.07. The summed E-state index contributed by atoms with van der Waals surface area (Å²) in [5.74, 6) is 1.60. The lowest BCUT2D eigenvalue weighted by Crippen LogP contribution is -2.27. The van der Waals surface area contributed by atoms with E-state index in [1.54, 1.807) is 17.1 Å². The topological polar surface area (TPSA) is 33.5 Å². The molecule has 2 rings (SSSR count). The standard InChI is InChI=1S/C16H19NO2S2/c1-3-5-6-7-12-8-9-13(19-12)11-14-15(18)17(10-4-2)16(20)21-14/h4,8-9,11H,2-3,5-7,10H2,1H3. The molecule has 112 valence electrons. The summed E-state index contributed by atoms with van der Waals surface area (Å²) in [6.45, 7) is 6.27. The molecule has 5 heteroatoms. The van der Waals surface area contributed by atoms with Gasteiger partial charge in [-0.3, -0.25) is 9.69 Å². The van der Waals surface area contributed by atoms with Crippen molar-refractivity contribution in [3.8, 4) is 0 Å². The summed E-state index contributed by atoms with van der Waals surface area (Å²) in [7, 11) is 0. The fourth-order valence-corrected chi connectivity index (χ4v) is 3.33. The largest absolute Gasteiger partial charge is 0.462 e. The van der Waals surface area contributed by atoms with Gasteiger partial charge in [0.25, 0.3) is 5.91 Å². The Morgan fingerprint density at radius 3 is 2.95 bits per heavy atom. The zero-order valence-corrected chi connectivity index (χ0v) is 13.8. The molecule has 21 heavy (non-hydrogen) atoms. The van der Waals surface area contributed by atoms with Crippen LogP contribution in [-0.2, 0) is 11.2 Å². The third-order valence-corrected chi connectivity index (χ3v) is 4.55. The molecule has 1 fully saturated rings. The van der Waals surface area contributed by atoms with Gasteiger partial charge in [-0.05, 0) is 18.6 Å². The minimum atomic E-state index is -0.0752. The molecule has 2 heterocycles. The van der Waals surface area contributed by atoms with Gasteiger partial charge in [-0.15, -0.1) is 6.58 Å². The molecule has 0 aliphatic carbocycles. The van der Waals surface area contributed by atoms with Crippen LogP contribution in [0.1, 0.15) is 37.7 Å². The first kappa shape index (κ1) is 16.0. The van der Waals surface area contributed by atoms with E-state index in [1.807, 2.05) is 12.1 Å². The van der Waals surface area contributed by atoms with E-state index in [1.165, 1.54) is 24.6 Å². The average molecular weight is 321 g/mol. The highest BCUT2D eigenvalue weighted by molar-refractivity contribution is 8.26. The summed E-state index contributed by atoms with van der Waals surface area (Å²) in [5, 5.41) is 0. The van der Waals surface area contributed by atoms with E-state index in [4.69, 9.17) is 16.6 Å². The van der Waals surface area contributed by atoms with Crippen molar-refractivity contribution in [1.82, 2.24) is 4.90 Å². The molecule has 1 aliphatic heterocycles. The van der Waals surface area contributed by atoms with Gasteiger partial charge in [0, 0.05) is 19.0 Å². The third kappa shape index (κ3) is 4.08. The van der Waals surface area contributed by atoms with E-state index >= 15 is 0 Å². The van der Waals surface area contributed by atoms with Gasteiger partial charge in [0.1, 0.15) is 15.8 Å². The number of furan rings is 1. The van der Waals surface area contributed by atoms with Gasteiger partial charge in [0.2, 0.25) is 0 Å². The van der Waals surface area contributed by atoms with Crippen molar-refractivity contribution >= 4 is 40.3 Å². The molecule has 0 N–H and O–H groups in total. The number of rotatable bonds is 7. The van der Waals surface area contributed by atoms with Crippen LogP contribution in [0, 0.1) is 0 Å². The van der Waals surface area contributed by atoms with E-state index in [0.717, 1.165) is 18.6 Å². The molecule has 1 amide bonds. The monoisotopic (exact) mass is 321 g/mol. The highest BCUT2D eigenvalue weighted by Gasteiger charge is 2.31. The van der Waals surface area contributed by atoms with Crippen LogP contribution < -0.4 is 0 Å². The number of carbonyl (C=O) groups excluding carboxylic acids is 1. The van der Waals surface area contributed by atoms with E-state index in [9.17, 15) is 4.79 Å². The smallest absolute Gasteiger partial charge is 0.266 e. The van der Waals surface area contributed by atoms with Crippen LogP contribution in [0.3, 0.4) is 0 Å². The Labute approximate surface area is 135 Å². The quantitative estimate of drug-likeness (QED) is 0.322. The van der Waals surface area contributed by atoms with Gasteiger partial charge in [0.15, 0.2) is 0 Å². The van der Waals surface area contributed by atoms with Crippen LogP contribution in [0.5, 0.6) is 0 Å². The molecule has 1 aromatic rings. The number of nitrogens with zero attached hydrogens (tertiary/aromatic N) is 1. The minimum absolute atomic E-state index is 0.0752. The second kappa shape index (κ2) is 7.61. The first-order valence-corrected chi connectivity index (χ1v) is 8.33. The first-order valence-electron chi connectivity index (χ1n) is 7.10. The predicted molar refractivity (Wildman–Crippen MR) is 92.0 cm³/mol. The molecule has 0 saturated carbocycles. The summed E-state index contributed by atoms with van der Waals surface area (Å²) in [5.41, 5.74) is 0. The molecule has 0 radical (unpaired) electrons. The van der Waals surface area contributed by atoms with Crippen LogP contribution in [0.4, 0.5) is 0 Å². The van der Waals surface area contributed by atoms with Gasteiger partial charge in [0.05, 0.1) is 4.91 Å². The Kier molecular flexibility index (Phi) is 5.82. The molecule has 1 aliphatic rings. The van der Waals surface area contributed by atoms with Gasteiger partial charge < -0.3 is 4.42 Å². The molecule has 1 saturated heterocycles. The van der Waals surface area contributed by atoms with Crippen molar-refractivity contribution < 1.29 is 9.21 Å². The number of carbonyl (C=O) groups is 1. The van der Waals surface area contributed by atoms with Crippen LogP contribution in [-0.4, -0.2) is 21.7 Å². The van der Waals surface area contributed by atoms with E-state index in [0.29, 0.717) is 21.5 Å². The zero-order chi connectivity index (χ0) is 15.2. The lowest BCUT2D eigenvalue weighted by molar-refractivity contribution is -0.121. The maximum atomic E-state index is 12.2. The number of thiocarbonyl (C=S) groups is 1. The van der Waals surface area contributed by atoms with Crippen LogP contribution >= 0.6 is 24.0 Å². The van der Waals surface area contributed by atoms with Crippen molar-refractivity contribution in [2.75, 3.05) is 6.54 Å². The van der Waals surface area contributed by atoms with Crippen LogP contribution in [0.15, 0.2) is 34.1 Å². The average Bonchev–Trinajstić information content (AvgIpc) is 3.00. The second-order valence-corrected chi connectivity index (χ2v) is 6.52. The molecule has 0 aromatic carbocycles. The number of thioether (sulfide) groups is 1. The van der Waals surface area contributed by atoms with Gasteiger partial charge in [-0.25, -0.2) is 0 Å². The van der Waals surface area contributed by atoms with Gasteiger partial charge in [-0.1, -0.05) is 49.8 Å². The first-order chi connectivity index (χ1) is 10.2. The number of unbranched alkanes of at least 4 members (excludes halogenated alkanes) is 2. The second-order valence-electron chi connectivity index (χ2n) is 4.84. The van der Waals surface area contributed by atoms with Crippen molar-refractivity contribution in [2.45, 2.75) is 32.6 Å². The van der Waals surface area contributed by atoms with Crippen molar-refractivity contribution in [3.63, 3.8) is 0 Å². The number of hydrogen-bond donors (Lipinski definition) is 0. The molecule has 0 unspecified atom stereocenters. The number of aryl methyl sites for hydroxylation is 1. The van der Waals surface area contributed by atoms with Crippen molar-refractivity contribution in [2.24, 2.45) is 0 Å². The molecule has 0 bridgehead atoms. The lowest BCUT2D eigenvalue weighted by Gasteiger charge is -2.10. The molecule has 3 nitrogen and oxygen atoms in total. The molecule has 0 spiro atoms. The predicted octanol–water partition coefficient (Wildman–Crippen LogP) is 4.40. The summed E-state index contributed by atoms with van der Waals surface area (Å²) in [4.78, 5) is 14.3. The molecule has 0 atom stereocenters. The highest BCUT2D eigenvalue weighted by Crippen LogP contribution is 2.32. The van der Waals surface area contributed by atoms with Crippen molar-refractivity contribution in [1.29, 1.82) is 0 Å². The van der Waals surface area contributed by atoms with E-state index in [-0.39, 0.29) is 5.91 Å². The van der Waals surface area contributed by atoms with Gasteiger partial charge in [-0.2, -0.15) is 0 Å². The van der Waals surface area contributed by atoms with Crippen molar-refractivity contribution in [3.05, 3.63) is 41.2 Å². The third-order valence-electron chi connectivity index (χ3n) is 3.17.